The zero-order valence-corrected chi connectivity index (χ0v) is 16.1. The van der Waals surface area contributed by atoms with Gasteiger partial charge in [0.1, 0.15) is 18.2 Å². The maximum atomic E-state index is 12.5. The van der Waals surface area contributed by atoms with E-state index in [0.29, 0.717) is 35.2 Å². The Bertz CT molecular complexity index is 1130. The minimum Gasteiger partial charge on any atom is -0.368 e. The van der Waals surface area contributed by atoms with E-state index in [-0.39, 0.29) is 18.4 Å². The van der Waals surface area contributed by atoms with Crippen LogP contribution in [-0.4, -0.2) is 40.2 Å². The van der Waals surface area contributed by atoms with Crippen LogP contribution in [0.2, 0.25) is 0 Å². The second kappa shape index (κ2) is 7.23. The largest absolute Gasteiger partial charge is 0.368 e. The minimum atomic E-state index is -0.222. The molecule has 4 N–H and O–H groups in total. The molecule has 0 bridgehead atoms. The van der Waals surface area contributed by atoms with Gasteiger partial charge in [0, 0.05) is 18.0 Å². The maximum Gasteiger partial charge on any atom is 0.245 e. The van der Waals surface area contributed by atoms with Crippen molar-refractivity contribution in [2.45, 2.75) is 26.9 Å². The molecule has 0 saturated carbocycles. The molecule has 4 aromatic heterocycles. The number of hydrogen-bond donors (Lipinski definition) is 3. The predicted octanol–water partition coefficient (Wildman–Crippen LogP) is 1.77. The Morgan fingerprint density at radius 3 is 2.93 bits per heavy atom. The number of amides is 1. The molecule has 0 aliphatic carbocycles. The second-order valence-corrected chi connectivity index (χ2v) is 6.73. The normalized spacial score (nSPS) is 11.1. The van der Waals surface area contributed by atoms with Gasteiger partial charge >= 0.3 is 0 Å². The molecule has 4 aromatic rings. The maximum absolute atomic E-state index is 12.5. The number of nitrogen functional groups attached to an aromatic ring is 1. The van der Waals surface area contributed by atoms with Gasteiger partial charge in [0.05, 0.1) is 17.5 Å². The number of thiazole rings is 1. The first-order chi connectivity index (χ1) is 13.5. The number of nitrogens with zero attached hydrogens (tertiary/aromatic N) is 7. The van der Waals surface area contributed by atoms with Crippen molar-refractivity contribution < 1.29 is 4.79 Å². The predicted molar refractivity (Wildman–Crippen MR) is 106 cm³/mol. The highest BCUT2D eigenvalue weighted by Gasteiger charge is 2.16. The number of nitrogens with one attached hydrogen (secondary N) is 2. The Hall–Kier alpha value is -3.54. The Morgan fingerprint density at radius 2 is 2.18 bits per heavy atom. The van der Waals surface area contributed by atoms with Gasteiger partial charge in [-0.05, 0) is 13.8 Å². The summed E-state index contributed by atoms with van der Waals surface area (Å²) in [6.45, 7) is 4.52. The third-order valence-electron chi connectivity index (χ3n) is 3.94. The molecular formula is C16H18N10OS. The molecule has 0 aromatic carbocycles. The van der Waals surface area contributed by atoms with Crippen LogP contribution in [0.25, 0.3) is 11.2 Å². The van der Waals surface area contributed by atoms with E-state index in [4.69, 9.17) is 5.73 Å². The molecule has 0 unspecified atom stereocenters. The van der Waals surface area contributed by atoms with E-state index < -0.39 is 0 Å². The Kier molecular flexibility index (Phi) is 4.61. The van der Waals surface area contributed by atoms with E-state index in [1.165, 1.54) is 17.7 Å². The lowest BCUT2D eigenvalue weighted by Crippen LogP contribution is -2.20. The summed E-state index contributed by atoms with van der Waals surface area (Å²) in [7, 11) is 0. The highest BCUT2D eigenvalue weighted by molar-refractivity contribution is 7.07. The SMILES string of the molecule is CCn1nc(C)cc1NC(=O)Cn1cnc2c(Nc3cscn3)nc(N)nc21. The van der Waals surface area contributed by atoms with Gasteiger partial charge in [0.25, 0.3) is 0 Å². The number of nitrogens with two attached hydrogens (primary N) is 1. The lowest BCUT2D eigenvalue weighted by Gasteiger charge is -2.08. The Labute approximate surface area is 163 Å². The average molecular weight is 398 g/mol. The fourth-order valence-electron chi connectivity index (χ4n) is 2.78. The number of hydrogen-bond acceptors (Lipinski definition) is 9. The first-order valence-electron chi connectivity index (χ1n) is 8.51. The number of carbonyl (C=O) groups is 1. The van der Waals surface area contributed by atoms with Crippen molar-refractivity contribution >= 4 is 51.8 Å². The van der Waals surface area contributed by atoms with E-state index in [1.54, 1.807) is 14.8 Å². The highest BCUT2D eigenvalue weighted by Crippen LogP contribution is 2.23. The molecular weight excluding hydrogens is 380 g/mol. The number of rotatable bonds is 6. The zero-order valence-electron chi connectivity index (χ0n) is 15.2. The minimum absolute atomic E-state index is 0.0248. The quantitative estimate of drug-likeness (QED) is 0.446. The van der Waals surface area contributed by atoms with Gasteiger partial charge in [-0.15, -0.1) is 11.3 Å². The average Bonchev–Trinajstić information content (AvgIpc) is 3.36. The third kappa shape index (κ3) is 3.49. The number of carbonyl (C=O) groups excluding carboxylic acids is 1. The van der Waals surface area contributed by atoms with Gasteiger partial charge in [0.2, 0.25) is 11.9 Å². The molecule has 0 radical (unpaired) electrons. The van der Waals surface area contributed by atoms with E-state index in [1.807, 2.05) is 25.3 Å². The lowest BCUT2D eigenvalue weighted by molar-refractivity contribution is -0.116. The molecule has 12 heteroatoms. The fraction of sp³-hybridized carbons (Fsp3) is 0.250. The van der Waals surface area contributed by atoms with Gasteiger partial charge in [-0.25, -0.2) is 14.6 Å². The highest BCUT2D eigenvalue weighted by atomic mass is 32.1. The standard InChI is InChI=1S/C16H18N10OS/c1-3-26-11(4-9(2)24-26)21-12(27)5-25-7-18-13-14(20-10-6-28-8-19-10)22-16(17)23-15(13)25/h4,6-8H,3,5H2,1-2H3,(H,21,27)(H3,17,20,22,23). The Balaban J connectivity index is 1.59. The van der Waals surface area contributed by atoms with Crippen LogP contribution in [0.4, 0.5) is 23.4 Å². The van der Waals surface area contributed by atoms with E-state index in [2.05, 4.69) is 35.7 Å². The van der Waals surface area contributed by atoms with Crippen LogP contribution in [0.15, 0.2) is 23.3 Å². The van der Waals surface area contributed by atoms with Crippen molar-refractivity contribution in [1.29, 1.82) is 0 Å². The van der Waals surface area contributed by atoms with Crippen molar-refractivity contribution in [3.8, 4) is 0 Å². The molecule has 0 aliphatic heterocycles. The smallest absolute Gasteiger partial charge is 0.245 e. The molecule has 0 saturated heterocycles. The van der Waals surface area contributed by atoms with E-state index in [9.17, 15) is 4.79 Å². The molecule has 4 rings (SSSR count). The van der Waals surface area contributed by atoms with Crippen LogP contribution in [0.3, 0.4) is 0 Å². The molecule has 28 heavy (non-hydrogen) atoms. The van der Waals surface area contributed by atoms with Gasteiger partial charge in [-0.3, -0.25) is 4.79 Å². The topological polar surface area (TPSA) is 141 Å². The molecule has 0 aliphatic rings. The number of anilines is 4. The number of fused-ring (bicyclic) bond motifs is 1. The lowest BCUT2D eigenvalue weighted by atomic mass is 10.4. The molecule has 4 heterocycles. The van der Waals surface area contributed by atoms with Gasteiger partial charge in [-0.1, -0.05) is 0 Å². The van der Waals surface area contributed by atoms with Crippen molar-refractivity contribution in [3.63, 3.8) is 0 Å². The summed E-state index contributed by atoms with van der Waals surface area (Å²) in [5, 5.41) is 12.1. The van der Waals surface area contributed by atoms with Gasteiger partial charge in [0.15, 0.2) is 17.0 Å². The van der Waals surface area contributed by atoms with Crippen molar-refractivity contribution in [3.05, 3.63) is 29.0 Å². The Morgan fingerprint density at radius 1 is 1.32 bits per heavy atom. The van der Waals surface area contributed by atoms with Crippen LogP contribution in [0.5, 0.6) is 0 Å². The molecule has 11 nitrogen and oxygen atoms in total. The summed E-state index contributed by atoms with van der Waals surface area (Å²) in [6, 6.07) is 1.82. The summed E-state index contributed by atoms with van der Waals surface area (Å²) in [6.07, 6.45) is 1.53. The zero-order chi connectivity index (χ0) is 19.7. The summed E-state index contributed by atoms with van der Waals surface area (Å²) in [5.41, 5.74) is 9.35. The molecule has 0 atom stereocenters. The monoisotopic (exact) mass is 398 g/mol. The summed E-state index contributed by atoms with van der Waals surface area (Å²) in [4.78, 5) is 29.5. The summed E-state index contributed by atoms with van der Waals surface area (Å²) >= 11 is 1.45. The van der Waals surface area contributed by atoms with Crippen LogP contribution in [0.1, 0.15) is 12.6 Å². The van der Waals surface area contributed by atoms with Crippen LogP contribution in [0, 0.1) is 6.92 Å². The first kappa shape index (κ1) is 17.9. The molecule has 0 spiro atoms. The van der Waals surface area contributed by atoms with Crippen LogP contribution >= 0.6 is 11.3 Å². The third-order valence-corrected chi connectivity index (χ3v) is 4.53. The summed E-state index contributed by atoms with van der Waals surface area (Å²) < 4.78 is 3.35. The van der Waals surface area contributed by atoms with E-state index >= 15 is 0 Å². The molecule has 1 amide bonds. The second-order valence-electron chi connectivity index (χ2n) is 6.01. The van der Waals surface area contributed by atoms with Gasteiger partial charge < -0.3 is 20.9 Å². The van der Waals surface area contributed by atoms with Crippen molar-refractivity contribution in [2.24, 2.45) is 0 Å². The number of imidazole rings is 1. The van der Waals surface area contributed by atoms with E-state index in [0.717, 1.165) is 5.69 Å². The number of aromatic nitrogens is 7. The van der Waals surface area contributed by atoms with Gasteiger partial charge in [-0.2, -0.15) is 15.1 Å². The van der Waals surface area contributed by atoms with Crippen molar-refractivity contribution in [2.75, 3.05) is 16.4 Å². The van der Waals surface area contributed by atoms with Crippen LogP contribution < -0.4 is 16.4 Å². The molecule has 144 valence electrons. The van der Waals surface area contributed by atoms with Crippen molar-refractivity contribution in [1.82, 2.24) is 34.3 Å². The summed E-state index contributed by atoms with van der Waals surface area (Å²) in [5.74, 6) is 1.58. The van der Waals surface area contributed by atoms with Crippen LogP contribution in [-0.2, 0) is 17.9 Å². The number of aryl methyl sites for hydroxylation is 2. The fourth-order valence-corrected chi connectivity index (χ4v) is 3.27. The molecule has 0 fully saturated rings. The first-order valence-corrected chi connectivity index (χ1v) is 9.45.